The van der Waals surface area contributed by atoms with Crippen LogP contribution in [0.15, 0.2) is 82.8 Å². The first-order chi connectivity index (χ1) is 18.5. The molecule has 0 saturated heterocycles. The van der Waals surface area contributed by atoms with Crippen molar-refractivity contribution in [3.05, 3.63) is 89.0 Å². The first kappa shape index (κ1) is 27.3. The van der Waals surface area contributed by atoms with Gasteiger partial charge in [-0.2, -0.15) is 10.5 Å². The summed E-state index contributed by atoms with van der Waals surface area (Å²) in [6.45, 7) is -0.294. The number of rotatable bonds is 11. The Hall–Kier alpha value is -3.72. The van der Waals surface area contributed by atoms with Crippen molar-refractivity contribution in [3.63, 3.8) is 0 Å². The molecule has 1 aliphatic heterocycles. The predicted molar refractivity (Wildman–Crippen MR) is 147 cm³/mol. The van der Waals surface area contributed by atoms with Gasteiger partial charge in [0.2, 0.25) is 0 Å². The number of para-hydroxylation sites is 2. The largest absolute Gasteiger partial charge is 0.530 e. The van der Waals surface area contributed by atoms with Crippen LogP contribution < -0.4 is 9.64 Å². The Labute approximate surface area is 226 Å². The first-order valence-corrected chi connectivity index (χ1v) is 14.1. The minimum absolute atomic E-state index is 0.00293. The maximum Gasteiger partial charge on any atom is 0.530 e. The summed E-state index contributed by atoms with van der Waals surface area (Å²) in [5, 5.41) is 18.2. The van der Waals surface area contributed by atoms with E-state index in [2.05, 4.69) is 4.90 Å². The van der Waals surface area contributed by atoms with Crippen LogP contribution >= 0.6 is 19.6 Å². The summed E-state index contributed by atoms with van der Waals surface area (Å²) >= 11 is 1.27. The summed E-state index contributed by atoms with van der Waals surface area (Å²) in [5.41, 5.74) is 4.38. The Morgan fingerprint density at radius 3 is 1.89 bits per heavy atom. The molecular weight excluding hydrogens is 521 g/mol. The van der Waals surface area contributed by atoms with Crippen LogP contribution in [0.1, 0.15) is 24.0 Å². The van der Waals surface area contributed by atoms with Gasteiger partial charge in [0.25, 0.3) is 0 Å². The van der Waals surface area contributed by atoms with Crippen LogP contribution in [0.25, 0.3) is 5.57 Å². The zero-order valence-electron chi connectivity index (χ0n) is 21.0. The van der Waals surface area contributed by atoms with Gasteiger partial charge in [-0.3, -0.25) is 9.05 Å². The molecule has 0 aliphatic carbocycles. The molecule has 0 radical (unpaired) electrons. The van der Waals surface area contributed by atoms with Crippen molar-refractivity contribution < 1.29 is 22.9 Å². The predicted octanol–water partition coefficient (Wildman–Crippen LogP) is 7.27. The van der Waals surface area contributed by atoms with E-state index in [0.717, 1.165) is 33.0 Å². The number of benzene rings is 3. The van der Waals surface area contributed by atoms with Gasteiger partial charge in [0.15, 0.2) is 5.09 Å². The highest BCUT2D eigenvalue weighted by atomic mass is 32.2. The van der Waals surface area contributed by atoms with Crippen LogP contribution in [0.5, 0.6) is 5.75 Å². The molecule has 1 aliphatic rings. The molecule has 0 bridgehead atoms. The Morgan fingerprint density at radius 2 is 1.39 bits per heavy atom. The first-order valence-electron chi connectivity index (χ1n) is 11.8. The summed E-state index contributed by atoms with van der Waals surface area (Å²) in [4.78, 5) is 2.90. The molecule has 0 spiro atoms. The van der Waals surface area contributed by atoms with Crippen LogP contribution in [-0.4, -0.2) is 27.4 Å². The number of phosphoric ester groups is 1. The van der Waals surface area contributed by atoms with E-state index in [-0.39, 0.29) is 26.1 Å². The number of nitrogens with zero attached hydrogens (tertiary/aromatic N) is 3. The van der Waals surface area contributed by atoms with E-state index in [4.69, 9.17) is 28.8 Å². The minimum Gasteiger partial charge on any atom is -0.497 e. The van der Waals surface area contributed by atoms with E-state index in [0.29, 0.717) is 10.8 Å². The number of thioether (sulfide) groups is 1. The lowest BCUT2D eigenvalue weighted by atomic mass is 9.91. The van der Waals surface area contributed by atoms with Crippen LogP contribution in [0.3, 0.4) is 0 Å². The van der Waals surface area contributed by atoms with E-state index in [9.17, 15) is 4.57 Å². The highest BCUT2D eigenvalue weighted by Gasteiger charge is 2.34. The van der Waals surface area contributed by atoms with E-state index in [1.165, 1.54) is 11.8 Å². The number of methoxy groups -OCH3 is 1. The van der Waals surface area contributed by atoms with Gasteiger partial charge in [0, 0.05) is 40.0 Å². The second-order valence-corrected chi connectivity index (χ2v) is 10.7. The van der Waals surface area contributed by atoms with Gasteiger partial charge >= 0.3 is 7.82 Å². The normalized spacial score (nSPS) is 12.1. The molecule has 0 N–H and O–H groups in total. The number of nitriles is 2. The molecule has 3 aromatic rings. The molecule has 38 heavy (non-hydrogen) atoms. The number of anilines is 2. The molecule has 10 heteroatoms. The van der Waals surface area contributed by atoms with Gasteiger partial charge in [-0.25, -0.2) is 4.57 Å². The van der Waals surface area contributed by atoms with Crippen molar-refractivity contribution in [1.29, 1.82) is 10.5 Å². The third-order valence-electron chi connectivity index (χ3n) is 5.66. The molecule has 0 unspecified atom stereocenters. The minimum atomic E-state index is -4.21. The van der Waals surface area contributed by atoms with Gasteiger partial charge in [0.1, 0.15) is 5.75 Å². The van der Waals surface area contributed by atoms with Crippen molar-refractivity contribution in [2.75, 3.05) is 32.3 Å². The van der Waals surface area contributed by atoms with Crippen molar-refractivity contribution >= 4 is 36.5 Å². The average Bonchev–Trinajstić information content (AvgIpc) is 2.94. The Morgan fingerprint density at radius 1 is 0.868 bits per heavy atom. The lowest BCUT2D eigenvalue weighted by Crippen LogP contribution is -2.18. The molecular formula is C28H26N3O5PS. The number of hydrogen-bond acceptors (Lipinski definition) is 9. The SMILES string of the molecule is COc1ccc(SC(OP(=O)(OCCC#N)OCCC#N)=C2c3ccccc3N(C)c3ccccc32)cc1. The van der Waals surface area contributed by atoms with Crippen molar-refractivity contribution in [2.45, 2.75) is 17.7 Å². The van der Waals surface area contributed by atoms with Gasteiger partial charge in [-0.05, 0) is 36.4 Å². The van der Waals surface area contributed by atoms with Crippen LogP contribution in [0, 0.1) is 22.7 Å². The lowest BCUT2D eigenvalue weighted by Gasteiger charge is -2.33. The van der Waals surface area contributed by atoms with E-state index >= 15 is 0 Å². The lowest BCUT2D eigenvalue weighted by molar-refractivity contribution is 0.145. The summed E-state index contributed by atoms with van der Waals surface area (Å²) in [5.74, 6) is 0.699. The molecule has 0 amide bonds. The zero-order valence-corrected chi connectivity index (χ0v) is 22.7. The molecule has 3 aromatic carbocycles. The fourth-order valence-electron chi connectivity index (χ4n) is 3.91. The second kappa shape index (κ2) is 12.7. The summed E-state index contributed by atoms with van der Waals surface area (Å²) in [7, 11) is -0.624. The quantitative estimate of drug-likeness (QED) is 0.106. The van der Waals surface area contributed by atoms with Gasteiger partial charge < -0.3 is 14.2 Å². The summed E-state index contributed by atoms with van der Waals surface area (Å²) in [6.07, 6.45) is 0.00585. The Bertz CT molecular complexity index is 1370. The Kier molecular flexibility index (Phi) is 9.12. The number of phosphoric acid groups is 1. The standard InChI is InChI=1S/C28H26N3O5PS/c1-31-25-11-5-3-9-23(25)27(24-10-4-6-12-26(24)31)28(38-22-15-13-21(33-2)14-16-22)36-37(32,34-19-7-17-29)35-20-8-18-30/h3-6,9-16H,7-8,19-20H2,1-2H3. The van der Waals surface area contributed by atoms with Crippen molar-refractivity contribution in [2.24, 2.45) is 0 Å². The molecule has 0 saturated carbocycles. The highest BCUT2D eigenvalue weighted by molar-refractivity contribution is 8.03. The molecule has 8 nitrogen and oxygen atoms in total. The van der Waals surface area contributed by atoms with Gasteiger partial charge in [-0.15, -0.1) is 0 Å². The number of hydrogen-bond donors (Lipinski definition) is 0. The fourth-order valence-corrected chi connectivity index (χ4v) is 6.25. The van der Waals surface area contributed by atoms with Crippen LogP contribution in [0.2, 0.25) is 0 Å². The molecule has 4 rings (SSSR count). The average molecular weight is 548 g/mol. The zero-order chi connectivity index (χ0) is 27.0. The fraction of sp³-hybridized carbons (Fsp3) is 0.214. The van der Waals surface area contributed by atoms with Crippen LogP contribution in [-0.2, 0) is 18.1 Å². The molecule has 0 atom stereocenters. The number of ether oxygens (including phenoxy) is 1. The molecule has 1 heterocycles. The van der Waals surface area contributed by atoms with Crippen molar-refractivity contribution in [3.8, 4) is 17.9 Å². The second-order valence-electron chi connectivity index (χ2n) is 8.05. The van der Waals surface area contributed by atoms with E-state index in [1.54, 1.807) is 7.11 Å². The molecule has 0 fully saturated rings. The smallest absolute Gasteiger partial charge is 0.497 e. The van der Waals surface area contributed by atoms with Gasteiger partial charge in [0.05, 0.1) is 45.3 Å². The Balaban J connectivity index is 1.88. The third kappa shape index (κ3) is 6.22. The van der Waals surface area contributed by atoms with Crippen molar-refractivity contribution in [1.82, 2.24) is 0 Å². The van der Waals surface area contributed by atoms with Gasteiger partial charge in [-0.1, -0.05) is 48.2 Å². The summed E-state index contributed by atoms with van der Waals surface area (Å²) in [6, 6.07) is 27.1. The maximum absolute atomic E-state index is 13.8. The van der Waals surface area contributed by atoms with Crippen LogP contribution in [0.4, 0.5) is 11.4 Å². The van der Waals surface area contributed by atoms with E-state index < -0.39 is 7.82 Å². The third-order valence-corrected chi connectivity index (χ3v) is 8.17. The molecule has 194 valence electrons. The topological polar surface area (TPSA) is 105 Å². The highest BCUT2D eigenvalue weighted by Crippen LogP contribution is 2.57. The summed E-state index contributed by atoms with van der Waals surface area (Å²) < 4.78 is 36.3. The molecule has 0 aromatic heterocycles. The van der Waals surface area contributed by atoms with E-state index in [1.807, 2.05) is 92.0 Å². The number of fused-ring (bicyclic) bond motifs is 2. The maximum atomic E-state index is 13.8. The monoisotopic (exact) mass is 547 g/mol.